The molecule has 0 spiro atoms. The van der Waals surface area contributed by atoms with Gasteiger partial charge in [0, 0.05) is 17.1 Å². The predicted octanol–water partition coefficient (Wildman–Crippen LogP) is 3.13. The molecule has 2 aromatic carbocycles. The van der Waals surface area contributed by atoms with E-state index in [4.69, 9.17) is 11.5 Å². The molecule has 150 valence electrons. The lowest BCUT2D eigenvalue weighted by Crippen LogP contribution is -2.27. The lowest BCUT2D eigenvalue weighted by molar-refractivity contribution is -0.117. The lowest BCUT2D eigenvalue weighted by atomic mass is 10.1. The van der Waals surface area contributed by atoms with E-state index in [9.17, 15) is 4.79 Å². The first-order chi connectivity index (χ1) is 14.6. The Hall–Kier alpha value is -3.71. The highest BCUT2D eigenvalue weighted by molar-refractivity contribution is 5.95. The van der Waals surface area contributed by atoms with Crippen LogP contribution in [0, 0.1) is 0 Å². The quantitative estimate of drug-likeness (QED) is 0.489. The third-order valence-electron chi connectivity index (χ3n) is 5.65. The second kappa shape index (κ2) is 7.27. The third kappa shape index (κ3) is 3.00. The van der Waals surface area contributed by atoms with Crippen LogP contribution in [0.3, 0.4) is 0 Å². The second-order valence-electron chi connectivity index (χ2n) is 7.49. The van der Waals surface area contributed by atoms with Crippen LogP contribution in [0.5, 0.6) is 0 Å². The van der Waals surface area contributed by atoms with Crippen molar-refractivity contribution in [2.75, 3.05) is 11.1 Å². The standard InChI is InChI=1S/C23H22N6O/c24-19(14-5-2-1-3-6-14)23(30)28-15-9-11-16(12-10-15)29-18-8-4-7-17(18)20-21(29)22(25)27-13-26-20/h1-3,5-6,9-13,19H,4,7-8,24H2,(H,28,30)(H2,25,26,27). The largest absolute Gasteiger partial charge is 0.382 e. The van der Waals surface area contributed by atoms with Crippen molar-refractivity contribution in [3.05, 3.63) is 77.7 Å². The molecule has 7 heteroatoms. The average Bonchev–Trinajstić information content (AvgIpc) is 3.36. The molecule has 0 saturated heterocycles. The van der Waals surface area contributed by atoms with Gasteiger partial charge in [-0.3, -0.25) is 4.79 Å². The van der Waals surface area contributed by atoms with Crippen molar-refractivity contribution < 1.29 is 4.79 Å². The lowest BCUT2D eigenvalue weighted by Gasteiger charge is -2.14. The summed E-state index contributed by atoms with van der Waals surface area (Å²) in [6.07, 6.45) is 4.61. The Bertz CT molecular complexity index is 1230. The molecule has 2 heterocycles. The topological polar surface area (TPSA) is 112 Å². The molecule has 2 aromatic heterocycles. The number of amides is 1. The maximum Gasteiger partial charge on any atom is 0.245 e. The molecule has 0 aliphatic heterocycles. The van der Waals surface area contributed by atoms with Crippen molar-refractivity contribution >= 4 is 28.4 Å². The van der Waals surface area contributed by atoms with Crippen molar-refractivity contribution in [1.82, 2.24) is 14.5 Å². The molecule has 0 saturated carbocycles. The first-order valence-electron chi connectivity index (χ1n) is 9.98. The summed E-state index contributed by atoms with van der Waals surface area (Å²) in [6.45, 7) is 0. The van der Waals surface area contributed by atoms with Crippen molar-refractivity contribution in [3.8, 4) is 5.69 Å². The van der Waals surface area contributed by atoms with Gasteiger partial charge in [0.1, 0.15) is 17.9 Å². The van der Waals surface area contributed by atoms with E-state index in [1.807, 2.05) is 54.6 Å². The molecule has 0 radical (unpaired) electrons. The summed E-state index contributed by atoms with van der Waals surface area (Å²) in [4.78, 5) is 21.2. The van der Waals surface area contributed by atoms with Crippen LogP contribution in [0.2, 0.25) is 0 Å². The maximum absolute atomic E-state index is 12.5. The smallest absolute Gasteiger partial charge is 0.245 e. The summed E-state index contributed by atoms with van der Waals surface area (Å²) in [5.41, 5.74) is 19.0. The summed E-state index contributed by atoms with van der Waals surface area (Å²) in [6, 6.07) is 16.3. The van der Waals surface area contributed by atoms with Gasteiger partial charge in [-0.15, -0.1) is 0 Å². The molecule has 1 aliphatic rings. The van der Waals surface area contributed by atoms with Gasteiger partial charge in [-0.25, -0.2) is 9.97 Å². The number of nitrogens with one attached hydrogen (secondary N) is 1. The number of nitrogens with two attached hydrogens (primary N) is 2. The number of nitrogens with zero attached hydrogens (tertiary/aromatic N) is 3. The van der Waals surface area contributed by atoms with Crippen molar-refractivity contribution in [1.29, 1.82) is 0 Å². The van der Waals surface area contributed by atoms with Gasteiger partial charge in [0.2, 0.25) is 5.91 Å². The number of hydrogen-bond donors (Lipinski definition) is 3. The molecule has 5 rings (SSSR count). The zero-order valence-corrected chi connectivity index (χ0v) is 16.4. The minimum atomic E-state index is -0.723. The maximum atomic E-state index is 12.5. The molecular weight excluding hydrogens is 376 g/mol. The van der Waals surface area contributed by atoms with Crippen molar-refractivity contribution in [3.63, 3.8) is 0 Å². The van der Waals surface area contributed by atoms with Crippen LogP contribution in [-0.4, -0.2) is 20.4 Å². The molecule has 1 aliphatic carbocycles. The van der Waals surface area contributed by atoms with Crippen molar-refractivity contribution in [2.45, 2.75) is 25.3 Å². The number of fused-ring (bicyclic) bond motifs is 3. The van der Waals surface area contributed by atoms with Gasteiger partial charge in [0.25, 0.3) is 0 Å². The number of anilines is 2. The summed E-state index contributed by atoms with van der Waals surface area (Å²) in [5.74, 6) is 0.222. The minimum Gasteiger partial charge on any atom is -0.382 e. The SMILES string of the molecule is Nc1ncnc2c3c(n(-c4ccc(NC(=O)C(N)c5ccccc5)cc4)c12)CCC3. The highest BCUT2D eigenvalue weighted by atomic mass is 16.2. The molecule has 0 bridgehead atoms. The van der Waals surface area contributed by atoms with Gasteiger partial charge in [0.05, 0.1) is 5.52 Å². The van der Waals surface area contributed by atoms with Crippen LogP contribution in [0.15, 0.2) is 60.9 Å². The Morgan fingerprint density at radius 3 is 2.57 bits per heavy atom. The molecule has 0 fully saturated rings. The van der Waals surface area contributed by atoms with E-state index in [2.05, 4.69) is 19.9 Å². The van der Waals surface area contributed by atoms with Gasteiger partial charge in [0.15, 0.2) is 5.82 Å². The molecule has 1 amide bonds. The molecular formula is C23H22N6O. The van der Waals surface area contributed by atoms with Gasteiger partial charge >= 0.3 is 0 Å². The number of aryl methyl sites for hydroxylation is 1. The van der Waals surface area contributed by atoms with Gasteiger partial charge in [-0.05, 0) is 54.7 Å². The molecule has 30 heavy (non-hydrogen) atoms. The average molecular weight is 398 g/mol. The van der Waals surface area contributed by atoms with Gasteiger partial charge < -0.3 is 21.4 Å². The zero-order chi connectivity index (χ0) is 20.7. The van der Waals surface area contributed by atoms with Crippen LogP contribution < -0.4 is 16.8 Å². The first kappa shape index (κ1) is 18.3. The fraction of sp³-hybridized carbons (Fsp3) is 0.174. The normalized spacial score (nSPS) is 13.9. The Labute approximate surface area is 173 Å². The summed E-state index contributed by atoms with van der Waals surface area (Å²) in [5, 5.41) is 2.89. The number of rotatable bonds is 4. The van der Waals surface area contributed by atoms with E-state index in [-0.39, 0.29) is 5.91 Å². The van der Waals surface area contributed by atoms with E-state index in [1.165, 1.54) is 17.6 Å². The van der Waals surface area contributed by atoms with Crippen LogP contribution in [0.1, 0.15) is 29.3 Å². The highest BCUT2D eigenvalue weighted by Crippen LogP contribution is 2.36. The Morgan fingerprint density at radius 2 is 1.80 bits per heavy atom. The number of aromatic nitrogens is 3. The Balaban J connectivity index is 1.45. The van der Waals surface area contributed by atoms with Gasteiger partial charge in [-0.2, -0.15) is 0 Å². The van der Waals surface area contributed by atoms with Gasteiger partial charge in [-0.1, -0.05) is 30.3 Å². The molecule has 5 N–H and O–H groups in total. The van der Waals surface area contributed by atoms with E-state index in [0.29, 0.717) is 11.5 Å². The number of carbonyl (C=O) groups is 1. The van der Waals surface area contributed by atoms with E-state index < -0.39 is 6.04 Å². The predicted molar refractivity (Wildman–Crippen MR) is 117 cm³/mol. The van der Waals surface area contributed by atoms with Crippen LogP contribution >= 0.6 is 0 Å². The fourth-order valence-electron chi connectivity index (χ4n) is 4.21. The fourth-order valence-corrected chi connectivity index (χ4v) is 4.21. The summed E-state index contributed by atoms with van der Waals surface area (Å²) in [7, 11) is 0. The molecule has 1 atom stereocenters. The number of nitrogen functional groups attached to an aromatic ring is 1. The van der Waals surface area contributed by atoms with Crippen LogP contribution in [0.25, 0.3) is 16.7 Å². The number of hydrogen-bond acceptors (Lipinski definition) is 5. The zero-order valence-electron chi connectivity index (χ0n) is 16.4. The van der Waals surface area contributed by atoms with E-state index in [1.54, 1.807) is 0 Å². The van der Waals surface area contributed by atoms with Crippen molar-refractivity contribution in [2.24, 2.45) is 5.73 Å². The molecule has 4 aromatic rings. The summed E-state index contributed by atoms with van der Waals surface area (Å²) >= 11 is 0. The third-order valence-corrected chi connectivity index (χ3v) is 5.65. The Morgan fingerprint density at radius 1 is 1.03 bits per heavy atom. The van der Waals surface area contributed by atoms with E-state index in [0.717, 1.165) is 41.5 Å². The molecule has 7 nitrogen and oxygen atoms in total. The summed E-state index contributed by atoms with van der Waals surface area (Å²) < 4.78 is 2.15. The van der Waals surface area contributed by atoms with Crippen LogP contribution in [0.4, 0.5) is 11.5 Å². The Kier molecular flexibility index (Phi) is 4.44. The number of carbonyl (C=O) groups excluding carboxylic acids is 1. The second-order valence-corrected chi connectivity index (χ2v) is 7.49. The monoisotopic (exact) mass is 398 g/mol. The van der Waals surface area contributed by atoms with Crippen LogP contribution in [-0.2, 0) is 17.6 Å². The highest BCUT2D eigenvalue weighted by Gasteiger charge is 2.25. The minimum absolute atomic E-state index is 0.251. The number of benzene rings is 2. The first-order valence-corrected chi connectivity index (χ1v) is 9.98. The molecule has 1 unspecified atom stereocenters. The van der Waals surface area contributed by atoms with E-state index >= 15 is 0 Å².